The van der Waals surface area contributed by atoms with Crippen molar-refractivity contribution < 1.29 is 33.6 Å². The highest BCUT2D eigenvalue weighted by Gasteiger charge is 2.53. The van der Waals surface area contributed by atoms with E-state index in [1.807, 2.05) is 39.0 Å². The van der Waals surface area contributed by atoms with Crippen molar-refractivity contribution in [1.29, 1.82) is 0 Å². The third-order valence-electron chi connectivity index (χ3n) is 5.93. The minimum Gasteiger partial charge on any atom is -0.508 e. The Labute approximate surface area is 208 Å². The lowest BCUT2D eigenvalue weighted by molar-refractivity contribution is 0.0223. The zero-order valence-corrected chi connectivity index (χ0v) is 20.3. The van der Waals surface area contributed by atoms with E-state index in [9.17, 15) is 14.7 Å². The van der Waals surface area contributed by atoms with Crippen LogP contribution in [0.4, 0.5) is 4.79 Å². The molecule has 3 aromatic carbocycles. The topological polar surface area (TPSA) is 103 Å². The van der Waals surface area contributed by atoms with Crippen molar-refractivity contribution in [2.24, 2.45) is 0 Å². The number of alkyl carbamates (subject to hydrolysis) is 1. The molecule has 1 unspecified atom stereocenters. The summed E-state index contributed by atoms with van der Waals surface area (Å²) in [5.74, 6) is 1.03. The lowest BCUT2D eigenvalue weighted by Crippen LogP contribution is -2.33. The number of hydrogen-bond acceptors (Lipinski definition) is 7. The molecule has 8 nitrogen and oxygen atoms in total. The van der Waals surface area contributed by atoms with E-state index in [1.54, 1.807) is 36.4 Å². The fourth-order valence-electron chi connectivity index (χ4n) is 4.50. The van der Waals surface area contributed by atoms with Crippen molar-refractivity contribution in [3.63, 3.8) is 0 Å². The standard InChI is InChI=1S/C28H27NO7/c1-27(2,3)36-26(32)29-13-6-14-33-18-10-12-22-24(16-18)34-23-15-17(30)9-11-21(23)28(22)20-8-5-4-7-19(20)25(31)35-28/h4-5,7-12,15-16,30H,6,13-14H2,1-3H3,(H,29,32). The molecule has 0 radical (unpaired) electrons. The number of phenolic OH excluding ortho intramolecular Hbond substituents is 1. The maximum absolute atomic E-state index is 12.8. The summed E-state index contributed by atoms with van der Waals surface area (Å²) in [6.45, 7) is 6.18. The molecule has 2 N–H and O–H groups in total. The van der Waals surface area contributed by atoms with Gasteiger partial charge in [-0.1, -0.05) is 18.2 Å². The Balaban J connectivity index is 1.38. The number of phenols is 1. The summed E-state index contributed by atoms with van der Waals surface area (Å²) < 4.78 is 23.3. The van der Waals surface area contributed by atoms with E-state index in [0.29, 0.717) is 59.1 Å². The molecule has 0 fully saturated rings. The zero-order valence-electron chi connectivity index (χ0n) is 20.3. The zero-order chi connectivity index (χ0) is 25.5. The van der Waals surface area contributed by atoms with Crippen molar-refractivity contribution in [3.05, 3.63) is 82.9 Å². The first-order valence-electron chi connectivity index (χ1n) is 11.8. The van der Waals surface area contributed by atoms with Gasteiger partial charge in [0.25, 0.3) is 0 Å². The number of esters is 1. The van der Waals surface area contributed by atoms with Crippen LogP contribution in [0.3, 0.4) is 0 Å². The predicted molar refractivity (Wildman–Crippen MR) is 131 cm³/mol. The van der Waals surface area contributed by atoms with Gasteiger partial charge in [0.05, 0.1) is 12.2 Å². The van der Waals surface area contributed by atoms with Gasteiger partial charge in [0, 0.05) is 35.4 Å². The number of hydrogen-bond donors (Lipinski definition) is 2. The van der Waals surface area contributed by atoms with E-state index in [4.69, 9.17) is 18.9 Å². The third-order valence-corrected chi connectivity index (χ3v) is 5.93. The number of nitrogens with one attached hydrogen (secondary N) is 1. The van der Waals surface area contributed by atoms with Crippen molar-refractivity contribution in [2.75, 3.05) is 13.2 Å². The van der Waals surface area contributed by atoms with Crippen LogP contribution in [-0.2, 0) is 15.1 Å². The Morgan fingerprint density at radius 2 is 1.72 bits per heavy atom. The van der Waals surface area contributed by atoms with Gasteiger partial charge < -0.3 is 29.4 Å². The largest absolute Gasteiger partial charge is 0.508 e. The molecular weight excluding hydrogens is 462 g/mol. The Hall–Kier alpha value is -4.20. The molecule has 8 heteroatoms. The average Bonchev–Trinajstić information content (AvgIpc) is 3.10. The van der Waals surface area contributed by atoms with Crippen molar-refractivity contribution >= 4 is 12.1 Å². The molecule has 2 heterocycles. The molecule has 1 spiro atoms. The SMILES string of the molecule is CC(C)(C)OC(=O)NCCCOc1ccc2c(c1)Oc1cc(O)ccc1C21OC(=O)c2ccccc21. The Bertz CT molecular complexity index is 1340. The molecule has 2 aliphatic heterocycles. The maximum Gasteiger partial charge on any atom is 0.407 e. The van der Waals surface area contributed by atoms with Crippen LogP contribution in [0.25, 0.3) is 0 Å². The summed E-state index contributed by atoms with van der Waals surface area (Å²) in [4.78, 5) is 24.6. The van der Waals surface area contributed by atoms with Crippen LogP contribution in [0, 0.1) is 0 Å². The van der Waals surface area contributed by atoms with Crippen LogP contribution >= 0.6 is 0 Å². The summed E-state index contributed by atoms with van der Waals surface area (Å²) in [6, 6.07) is 17.4. The lowest BCUT2D eigenvalue weighted by atomic mass is 9.77. The van der Waals surface area contributed by atoms with Crippen LogP contribution in [0.15, 0.2) is 60.7 Å². The highest BCUT2D eigenvalue weighted by Crippen LogP contribution is 2.56. The Kier molecular flexibility index (Phi) is 5.74. The van der Waals surface area contributed by atoms with E-state index in [1.165, 1.54) is 6.07 Å². The fourth-order valence-corrected chi connectivity index (χ4v) is 4.50. The van der Waals surface area contributed by atoms with Crippen molar-refractivity contribution in [2.45, 2.75) is 38.4 Å². The number of benzene rings is 3. The highest BCUT2D eigenvalue weighted by molar-refractivity contribution is 5.97. The second-order valence-corrected chi connectivity index (χ2v) is 9.69. The summed E-state index contributed by atoms with van der Waals surface area (Å²) in [5, 5.41) is 12.8. The van der Waals surface area contributed by atoms with Crippen LogP contribution in [0.1, 0.15) is 54.2 Å². The summed E-state index contributed by atoms with van der Waals surface area (Å²) in [6.07, 6.45) is 0.103. The number of carbonyl (C=O) groups is 2. The highest BCUT2D eigenvalue weighted by atomic mass is 16.6. The van der Waals surface area contributed by atoms with Gasteiger partial charge in [-0.2, -0.15) is 0 Å². The number of carbonyl (C=O) groups excluding carboxylic acids is 2. The van der Waals surface area contributed by atoms with Gasteiger partial charge in [-0.15, -0.1) is 0 Å². The fraction of sp³-hybridized carbons (Fsp3) is 0.286. The maximum atomic E-state index is 12.8. The molecule has 0 saturated heterocycles. The predicted octanol–water partition coefficient (Wildman–Crippen LogP) is 5.25. The summed E-state index contributed by atoms with van der Waals surface area (Å²) in [7, 11) is 0. The third kappa shape index (κ3) is 4.19. The lowest BCUT2D eigenvalue weighted by Gasteiger charge is -2.36. The summed E-state index contributed by atoms with van der Waals surface area (Å²) in [5.41, 5.74) is 0.756. The van der Waals surface area contributed by atoms with Gasteiger partial charge in [0.1, 0.15) is 28.6 Å². The summed E-state index contributed by atoms with van der Waals surface area (Å²) >= 11 is 0. The monoisotopic (exact) mass is 489 g/mol. The molecule has 5 rings (SSSR count). The average molecular weight is 490 g/mol. The van der Waals surface area contributed by atoms with Gasteiger partial charge in [-0.25, -0.2) is 9.59 Å². The van der Waals surface area contributed by atoms with E-state index in [0.717, 1.165) is 0 Å². The van der Waals surface area contributed by atoms with Gasteiger partial charge in [-0.3, -0.25) is 0 Å². The molecule has 0 aliphatic carbocycles. The molecule has 0 aromatic heterocycles. The molecule has 0 bridgehead atoms. The van der Waals surface area contributed by atoms with Crippen LogP contribution in [-0.4, -0.2) is 35.9 Å². The van der Waals surface area contributed by atoms with Gasteiger partial charge in [0.15, 0.2) is 5.60 Å². The minimum atomic E-state index is -1.19. The van der Waals surface area contributed by atoms with Crippen LogP contribution in [0.2, 0.25) is 0 Å². The van der Waals surface area contributed by atoms with E-state index in [-0.39, 0.29) is 5.75 Å². The van der Waals surface area contributed by atoms with E-state index in [2.05, 4.69) is 5.32 Å². The van der Waals surface area contributed by atoms with E-state index < -0.39 is 23.3 Å². The first kappa shape index (κ1) is 23.5. The number of fused-ring (bicyclic) bond motifs is 6. The van der Waals surface area contributed by atoms with Gasteiger partial charge in [0.2, 0.25) is 0 Å². The van der Waals surface area contributed by atoms with Gasteiger partial charge >= 0.3 is 12.1 Å². The van der Waals surface area contributed by atoms with Gasteiger partial charge in [-0.05, 0) is 57.5 Å². The second kappa shape index (κ2) is 8.78. The number of rotatable bonds is 5. The number of ether oxygens (including phenoxy) is 4. The molecule has 1 atom stereocenters. The second-order valence-electron chi connectivity index (χ2n) is 9.69. The molecule has 3 aromatic rings. The quantitative estimate of drug-likeness (QED) is 0.372. The first-order chi connectivity index (χ1) is 17.2. The number of amides is 1. The first-order valence-corrected chi connectivity index (χ1v) is 11.8. The van der Waals surface area contributed by atoms with Crippen LogP contribution < -0.4 is 14.8 Å². The minimum absolute atomic E-state index is 0.0369. The van der Waals surface area contributed by atoms with Crippen molar-refractivity contribution in [1.82, 2.24) is 5.32 Å². The van der Waals surface area contributed by atoms with Crippen LogP contribution in [0.5, 0.6) is 23.0 Å². The molecule has 0 saturated carbocycles. The molecule has 186 valence electrons. The smallest absolute Gasteiger partial charge is 0.407 e. The molecule has 36 heavy (non-hydrogen) atoms. The number of aromatic hydroxyl groups is 1. The van der Waals surface area contributed by atoms with Crippen molar-refractivity contribution in [3.8, 4) is 23.0 Å². The Morgan fingerprint density at radius 1 is 1.00 bits per heavy atom. The molecular formula is C28H27NO7. The Morgan fingerprint density at radius 3 is 2.50 bits per heavy atom. The molecule has 2 aliphatic rings. The molecule has 1 amide bonds. The normalized spacial score (nSPS) is 17.4. The van der Waals surface area contributed by atoms with E-state index >= 15 is 0 Å².